The normalized spacial score (nSPS) is 11.1. The van der Waals surface area contributed by atoms with E-state index in [9.17, 15) is 14.4 Å². The number of rotatable bonds is 6. The second kappa shape index (κ2) is 8.62. The molecule has 2 N–H and O–H groups in total. The van der Waals surface area contributed by atoms with Crippen molar-refractivity contribution in [3.63, 3.8) is 0 Å². The highest BCUT2D eigenvalue weighted by Crippen LogP contribution is 2.42. The fraction of sp³-hybridized carbons (Fsp3) is 0.111. The van der Waals surface area contributed by atoms with Crippen LogP contribution in [-0.4, -0.2) is 40.7 Å². The van der Waals surface area contributed by atoms with E-state index in [4.69, 9.17) is 14.6 Å². The fourth-order valence-corrected chi connectivity index (χ4v) is 3.43. The number of carboxylic acids is 1. The molecule has 3 aromatic rings. The first-order valence-corrected chi connectivity index (χ1v) is 9.61. The number of hydrogen-bond donors (Lipinski definition) is 2. The minimum absolute atomic E-state index is 0.180. The lowest BCUT2D eigenvalue weighted by atomic mass is 10.2. The topological polar surface area (TPSA) is 123 Å². The zero-order valence-electron chi connectivity index (χ0n) is 14.8. The fourth-order valence-electron chi connectivity index (χ4n) is 2.50. The summed E-state index contributed by atoms with van der Waals surface area (Å²) in [6, 6.07) is 8.13. The van der Waals surface area contributed by atoms with Crippen molar-refractivity contribution in [1.29, 1.82) is 0 Å². The van der Waals surface area contributed by atoms with Gasteiger partial charge in [0.2, 0.25) is 0 Å². The number of nitrogens with zero attached hydrogens (tertiary/aromatic N) is 2. The molecule has 0 fully saturated rings. The molecule has 0 atom stereocenters. The number of hydrogen-bond acceptors (Lipinski definition) is 6. The average Bonchev–Trinajstić information content (AvgIpc) is 2.69. The van der Waals surface area contributed by atoms with Gasteiger partial charge in [0.05, 0.1) is 28.7 Å². The Hall–Kier alpha value is -2.92. The van der Waals surface area contributed by atoms with Crippen LogP contribution in [0, 0.1) is 0 Å². The summed E-state index contributed by atoms with van der Waals surface area (Å²) < 4.78 is 12.1. The van der Waals surface area contributed by atoms with Crippen molar-refractivity contribution in [2.24, 2.45) is 5.10 Å². The van der Waals surface area contributed by atoms with Crippen LogP contribution < -0.4 is 20.7 Å². The summed E-state index contributed by atoms with van der Waals surface area (Å²) in [6.07, 6.45) is 1.30. The minimum atomic E-state index is -1.14. The van der Waals surface area contributed by atoms with Crippen LogP contribution in [0.1, 0.15) is 5.56 Å². The molecular formula is C18H13Br2N3O6. The summed E-state index contributed by atoms with van der Waals surface area (Å²) in [5.74, 6) is -0.724. The van der Waals surface area contributed by atoms with Crippen molar-refractivity contribution in [2.45, 2.75) is 0 Å². The number of methoxy groups -OCH3 is 1. The van der Waals surface area contributed by atoms with E-state index in [0.717, 1.165) is 0 Å². The third-order valence-corrected chi connectivity index (χ3v) is 5.95. The van der Waals surface area contributed by atoms with Crippen LogP contribution in [-0.2, 0) is 4.79 Å². The highest BCUT2D eigenvalue weighted by molar-refractivity contribution is 9.13. The number of carbonyl (C=O) groups is 1. The van der Waals surface area contributed by atoms with Gasteiger partial charge >= 0.3 is 11.7 Å². The average molecular weight is 527 g/mol. The predicted molar refractivity (Wildman–Crippen MR) is 113 cm³/mol. The number of fused-ring (bicyclic) bond motifs is 1. The van der Waals surface area contributed by atoms with E-state index in [1.165, 1.54) is 19.4 Å². The maximum atomic E-state index is 12.6. The molecule has 0 aliphatic carbocycles. The molecule has 9 nitrogen and oxygen atoms in total. The van der Waals surface area contributed by atoms with Crippen molar-refractivity contribution in [3.05, 3.63) is 65.7 Å². The van der Waals surface area contributed by atoms with Crippen molar-refractivity contribution in [2.75, 3.05) is 13.7 Å². The van der Waals surface area contributed by atoms with E-state index < -0.39 is 23.8 Å². The lowest BCUT2D eigenvalue weighted by molar-refractivity contribution is -0.139. The third kappa shape index (κ3) is 4.25. The summed E-state index contributed by atoms with van der Waals surface area (Å²) in [7, 11) is 1.39. The Morgan fingerprint density at radius 1 is 1.28 bits per heavy atom. The van der Waals surface area contributed by atoms with Crippen molar-refractivity contribution < 1.29 is 19.4 Å². The lowest BCUT2D eigenvalue weighted by Gasteiger charge is -2.14. The van der Waals surface area contributed by atoms with Crippen LogP contribution in [0.15, 0.2) is 54.0 Å². The van der Waals surface area contributed by atoms with Gasteiger partial charge in [-0.25, -0.2) is 9.59 Å². The highest BCUT2D eigenvalue weighted by Gasteiger charge is 2.17. The molecule has 3 rings (SSSR count). The van der Waals surface area contributed by atoms with Crippen molar-refractivity contribution >= 4 is 54.9 Å². The van der Waals surface area contributed by atoms with Gasteiger partial charge in [0, 0.05) is 10.0 Å². The molecule has 0 spiro atoms. The molecule has 0 unspecified atom stereocenters. The standard InChI is InChI=1S/C18H13Br2N3O6/c1-28-12-6-9(14(19)15(20)16(12)29-8-13(24)25)7-21-23-17(26)10-4-2-3-5-11(10)22-18(23)27/h2-7H,8H2,1H3,(H,22,27)(H,24,25). The third-order valence-electron chi connectivity index (χ3n) is 3.81. The van der Waals surface area contributed by atoms with E-state index in [1.54, 1.807) is 24.3 Å². The Morgan fingerprint density at radius 2 is 2.00 bits per heavy atom. The molecule has 11 heteroatoms. The van der Waals surface area contributed by atoms with Gasteiger partial charge in [0.25, 0.3) is 5.56 Å². The van der Waals surface area contributed by atoms with Crippen LogP contribution in [0.4, 0.5) is 0 Å². The molecule has 0 radical (unpaired) electrons. The molecule has 0 saturated carbocycles. The van der Waals surface area contributed by atoms with Crippen molar-refractivity contribution in [3.8, 4) is 11.5 Å². The SMILES string of the molecule is COc1cc(C=Nn2c(=O)[nH]c3ccccc3c2=O)c(Br)c(Br)c1OCC(=O)O. The first-order valence-electron chi connectivity index (χ1n) is 8.02. The van der Waals surface area contributed by atoms with E-state index >= 15 is 0 Å². The molecule has 0 amide bonds. The Bertz CT molecular complexity index is 1250. The zero-order chi connectivity index (χ0) is 21.1. The monoisotopic (exact) mass is 525 g/mol. The van der Waals surface area contributed by atoms with Crippen LogP contribution in [0.25, 0.3) is 10.9 Å². The molecule has 0 aliphatic heterocycles. The number of aromatic nitrogens is 2. The van der Waals surface area contributed by atoms with Gasteiger partial charge in [-0.15, -0.1) is 4.68 Å². The maximum Gasteiger partial charge on any atom is 0.349 e. The van der Waals surface area contributed by atoms with E-state index in [2.05, 4.69) is 41.9 Å². The van der Waals surface area contributed by atoms with Crippen molar-refractivity contribution in [1.82, 2.24) is 9.66 Å². The summed E-state index contributed by atoms with van der Waals surface area (Å²) in [6.45, 7) is -0.559. The van der Waals surface area contributed by atoms with E-state index in [-0.39, 0.29) is 11.5 Å². The van der Waals surface area contributed by atoms with E-state index in [1.807, 2.05) is 0 Å². The van der Waals surface area contributed by atoms with Gasteiger partial charge in [0.15, 0.2) is 18.1 Å². The first kappa shape index (κ1) is 20.8. The molecule has 0 bridgehead atoms. The molecule has 0 saturated heterocycles. The Kier molecular flexibility index (Phi) is 6.18. The number of ether oxygens (including phenoxy) is 2. The summed E-state index contributed by atoms with van der Waals surface area (Å²) in [4.78, 5) is 38.1. The number of carboxylic acid groups (broad SMARTS) is 1. The zero-order valence-corrected chi connectivity index (χ0v) is 18.0. The second-order valence-corrected chi connectivity index (χ2v) is 7.23. The number of halogens is 2. The Balaban J connectivity index is 2.07. The molecule has 1 heterocycles. The summed E-state index contributed by atoms with van der Waals surface area (Å²) in [5.41, 5.74) is -0.381. The van der Waals surface area contributed by atoms with Gasteiger partial charge in [-0.05, 0) is 50.1 Å². The second-order valence-electron chi connectivity index (χ2n) is 5.64. The van der Waals surface area contributed by atoms with Gasteiger partial charge in [0.1, 0.15) is 0 Å². The number of aliphatic carboxylic acids is 1. The predicted octanol–water partition coefficient (Wildman–Crippen LogP) is 2.57. The van der Waals surface area contributed by atoms with Gasteiger partial charge in [-0.3, -0.25) is 4.79 Å². The van der Waals surface area contributed by atoms with Crippen LogP contribution in [0.5, 0.6) is 11.5 Å². The molecule has 150 valence electrons. The van der Waals surface area contributed by atoms with Crippen LogP contribution in [0.2, 0.25) is 0 Å². The minimum Gasteiger partial charge on any atom is -0.493 e. The first-order chi connectivity index (χ1) is 13.8. The molecule has 2 aromatic carbocycles. The van der Waals surface area contributed by atoms with Crippen LogP contribution in [0.3, 0.4) is 0 Å². The lowest BCUT2D eigenvalue weighted by Crippen LogP contribution is -2.32. The summed E-state index contributed by atoms with van der Waals surface area (Å²) >= 11 is 6.68. The number of H-pyrrole nitrogens is 1. The number of aromatic amines is 1. The molecule has 1 aromatic heterocycles. The Labute approximate surface area is 179 Å². The maximum absolute atomic E-state index is 12.6. The number of benzene rings is 2. The highest BCUT2D eigenvalue weighted by atomic mass is 79.9. The molecule has 0 aliphatic rings. The number of nitrogens with one attached hydrogen (secondary N) is 1. The largest absolute Gasteiger partial charge is 0.493 e. The quantitative estimate of drug-likeness (QED) is 0.476. The molecule has 29 heavy (non-hydrogen) atoms. The van der Waals surface area contributed by atoms with Crippen LogP contribution >= 0.6 is 31.9 Å². The van der Waals surface area contributed by atoms with Gasteiger partial charge in [-0.1, -0.05) is 12.1 Å². The number of para-hydroxylation sites is 1. The summed E-state index contributed by atoms with van der Waals surface area (Å²) in [5, 5.41) is 13.1. The van der Waals surface area contributed by atoms with E-state index in [0.29, 0.717) is 30.1 Å². The molecular weight excluding hydrogens is 514 g/mol. The van der Waals surface area contributed by atoms with Gasteiger partial charge < -0.3 is 19.6 Å². The smallest absolute Gasteiger partial charge is 0.349 e. The Morgan fingerprint density at radius 3 is 2.69 bits per heavy atom. The van der Waals surface area contributed by atoms with Gasteiger partial charge in [-0.2, -0.15) is 5.10 Å².